The number of aromatic nitrogens is 1. The van der Waals surface area contributed by atoms with Crippen molar-refractivity contribution in [3.63, 3.8) is 0 Å². The summed E-state index contributed by atoms with van der Waals surface area (Å²) in [7, 11) is -10.2. The van der Waals surface area contributed by atoms with E-state index in [0.717, 1.165) is 12.1 Å². The summed E-state index contributed by atoms with van der Waals surface area (Å²) in [5, 5.41) is 7.12. The maximum Gasteiger partial charge on any atom is 0.196 e. The summed E-state index contributed by atoms with van der Waals surface area (Å²) >= 11 is 3.34. The van der Waals surface area contributed by atoms with Gasteiger partial charge in [0, 0.05) is 15.6 Å². The van der Waals surface area contributed by atoms with Crippen molar-refractivity contribution in [1.82, 2.24) is 5.16 Å². The van der Waals surface area contributed by atoms with Gasteiger partial charge in [0.15, 0.2) is 11.5 Å². The Bertz CT molecular complexity index is 1730. The second-order valence-electron chi connectivity index (χ2n) is 7.08. The van der Waals surface area contributed by atoms with Crippen LogP contribution in [0.15, 0.2) is 67.3 Å². The van der Waals surface area contributed by atoms with Gasteiger partial charge < -0.3 is 18.9 Å². The van der Waals surface area contributed by atoms with Crippen LogP contribution in [0.3, 0.4) is 0 Å². The van der Waals surface area contributed by atoms with Crippen LogP contribution in [-0.2, 0) is 20.2 Å². The summed E-state index contributed by atoms with van der Waals surface area (Å²) in [6.45, 7) is 0. The molecule has 0 radical (unpaired) electrons. The molecule has 1 heterocycles. The van der Waals surface area contributed by atoms with E-state index in [1.807, 2.05) is 0 Å². The molecule has 1 aliphatic carbocycles. The van der Waals surface area contributed by atoms with Crippen LogP contribution < -0.4 is 5.32 Å². The summed E-state index contributed by atoms with van der Waals surface area (Å²) in [6, 6.07) is 10.5. The summed E-state index contributed by atoms with van der Waals surface area (Å²) < 4.78 is 75.3. The van der Waals surface area contributed by atoms with Crippen LogP contribution in [-0.4, -0.2) is 36.9 Å². The van der Waals surface area contributed by atoms with Gasteiger partial charge in [-0.2, -0.15) is 0 Å². The fraction of sp³-hybridized carbons (Fsp3) is 0. The number of benzene rings is 3. The molecule has 1 aliphatic rings. The maximum absolute atomic E-state index is 13.4. The Balaban J connectivity index is 1.76. The van der Waals surface area contributed by atoms with Crippen LogP contribution in [0.1, 0.15) is 15.9 Å². The second kappa shape index (κ2) is 7.20. The van der Waals surface area contributed by atoms with Gasteiger partial charge in [-0.25, -0.2) is 16.8 Å². The summed E-state index contributed by atoms with van der Waals surface area (Å²) in [5.74, 6) is -0.0596. The van der Waals surface area contributed by atoms with Crippen LogP contribution in [0.25, 0.3) is 22.2 Å². The first-order valence-electron chi connectivity index (χ1n) is 9.05. The first kappa shape index (κ1) is 21.7. The lowest BCUT2D eigenvalue weighted by molar-refractivity contribution is 0.104. The number of halogens is 1. The van der Waals surface area contributed by atoms with E-state index in [9.17, 15) is 30.7 Å². The van der Waals surface area contributed by atoms with Crippen LogP contribution in [0.5, 0.6) is 0 Å². The van der Waals surface area contributed by atoms with Crippen LogP contribution in [0.2, 0.25) is 0 Å². The van der Waals surface area contributed by atoms with E-state index in [-0.39, 0.29) is 16.9 Å². The number of hydrogen-bond acceptors (Lipinski definition) is 10. The average molecular weight is 549 g/mol. The predicted octanol–water partition coefficient (Wildman–Crippen LogP) is 3.35. The Kier molecular flexibility index (Phi) is 4.74. The van der Waals surface area contributed by atoms with Crippen LogP contribution in [0, 0.1) is 0 Å². The van der Waals surface area contributed by atoms with E-state index in [0.29, 0.717) is 38.3 Å². The lowest BCUT2D eigenvalue weighted by Crippen LogP contribution is -2.13. The van der Waals surface area contributed by atoms with Gasteiger partial charge in [0.05, 0.1) is 32.1 Å². The number of rotatable bonds is 4. The minimum Gasteiger partial charge on any atom is -0.744 e. The normalized spacial score (nSPS) is 13.2. The quantitative estimate of drug-likeness (QED) is 0.328. The fourth-order valence-electron chi connectivity index (χ4n) is 3.73. The summed E-state index contributed by atoms with van der Waals surface area (Å²) in [5.41, 5.74) is 1.15. The van der Waals surface area contributed by atoms with E-state index >= 15 is 0 Å². The highest BCUT2D eigenvalue weighted by Crippen LogP contribution is 2.45. The van der Waals surface area contributed by atoms with Gasteiger partial charge in [-0.3, -0.25) is 4.79 Å². The van der Waals surface area contributed by atoms with Gasteiger partial charge in [0.1, 0.15) is 25.8 Å². The Morgan fingerprint density at radius 1 is 0.909 bits per heavy atom. The van der Waals surface area contributed by atoms with Gasteiger partial charge in [-0.1, -0.05) is 29.4 Å². The lowest BCUT2D eigenvalue weighted by Gasteiger charge is -2.21. The molecule has 0 unspecified atom stereocenters. The van der Waals surface area contributed by atoms with Gasteiger partial charge in [-0.15, -0.1) is 0 Å². The Morgan fingerprint density at radius 3 is 2.27 bits per heavy atom. The average Bonchev–Trinajstić information content (AvgIpc) is 3.18. The van der Waals surface area contributed by atoms with Crippen molar-refractivity contribution in [2.75, 3.05) is 5.32 Å². The monoisotopic (exact) mass is 548 g/mol. The van der Waals surface area contributed by atoms with E-state index in [1.54, 1.807) is 24.3 Å². The molecule has 0 aliphatic heterocycles. The third-order valence-corrected chi connectivity index (χ3v) is 7.44. The largest absolute Gasteiger partial charge is 0.744 e. The molecule has 1 N–H and O–H groups in total. The second-order valence-corrected chi connectivity index (χ2v) is 10.7. The highest BCUT2D eigenvalue weighted by Gasteiger charge is 2.32. The zero-order valence-corrected chi connectivity index (χ0v) is 19.2. The summed E-state index contributed by atoms with van der Waals surface area (Å²) in [4.78, 5) is 11.5. The van der Waals surface area contributed by atoms with Crippen LogP contribution in [0.4, 0.5) is 11.4 Å². The number of anilines is 2. The minimum absolute atomic E-state index is 0.112. The maximum atomic E-state index is 13.4. The molecule has 0 saturated carbocycles. The highest BCUT2D eigenvalue weighted by atomic mass is 79.9. The van der Waals surface area contributed by atoms with E-state index in [1.165, 1.54) is 6.07 Å². The van der Waals surface area contributed by atoms with Crippen molar-refractivity contribution in [1.29, 1.82) is 0 Å². The Hall–Kier alpha value is -3.10. The molecule has 0 atom stereocenters. The van der Waals surface area contributed by atoms with Crippen molar-refractivity contribution < 1.29 is 35.3 Å². The SMILES string of the molecule is O=C1c2ccccc2-c2onc3c(Br)cc(Nc4ccc(S(=O)(=O)[O-])cc4S(=O)(=O)[O-])c1c23. The number of fused-ring (bicyclic) bond motifs is 2. The number of carbonyl (C=O) groups is 1. The summed E-state index contributed by atoms with van der Waals surface area (Å²) in [6.07, 6.45) is 0. The molecular weight excluding hydrogens is 540 g/mol. The van der Waals surface area contributed by atoms with E-state index in [4.69, 9.17) is 4.52 Å². The molecule has 0 amide bonds. The molecule has 0 saturated heterocycles. The zero-order valence-electron chi connectivity index (χ0n) is 16.0. The number of ketones is 1. The lowest BCUT2D eigenvalue weighted by atomic mass is 9.87. The molecule has 5 rings (SSSR count). The number of nitrogens with one attached hydrogen (secondary N) is 1. The topological polar surface area (TPSA) is 170 Å². The highest BCUT2D eigenvalue weighted by molar-refractivity contribution is 9.10. The van der Waals surface area contributed by atoms with E-state index in [2.05, 4.69) is 26.4 Å². The van der Waals surface area contributed by atoms with Crippen molar-refractivity contribution in [2.45, 2.75) is 9.79 Å². The van der Waals surface area contributed by atoms with Gasteiger partial charge >= 0.3 is 0 Å². The standard InChI is InChI=1S/C20H11BrN2O8S2/c21-12-8-14(22-13-6-5-9(32(25,26)27)7-15(13)33(28,29)30)16-17-18(12)23-31-20(17)11-4-2-1-3-10(11)19(16)24/h1-8,22H,(H,25,26,27)(H,28,29,30)/p-2. The van der Waals surface area contributed by atoms with Crippen molar-refractivity contribution in [2.24, 2.45) is 0 Å². The van der Waals surface area contributed by atoms with Crippen molar-refractivity contribution >= 4 is 64.2 Å². The third-order valence-electron chi connectivity index (χ3n) is 5.13. The molecule has 3 aromatic carbocycles. The predicted molar refractivity (Wildman–Crippen MR) is 116 cm³/mol. The first-order valence-corrected chi connectivity index (χ1v) is 12.7. The number of nitrogens with zero attached hydrogens (tertiary/aromatic N) is 1. The first-order chi connectivity index (χ1) is 15.5. The third kappa shape index (κ3) is 3.45. The van der Waals surface area contributed by atoms with E-state index < -0.39 is 35.8 Å². The van der Waals surface area contributed by atoms with Gasteiger partial charge in [-0.05, 0) is 40.2 Å². The molecule has 0 fully saturated rings. The number of hydrogen-bond donors (Lipinski definition) is 1. The molecule has 0 spiro atoms. The van der Waals surface area contributed by atoms with Gasteiger partial charge in [0.25, 0.3) is 0 Å². The Labute approximate surface area is 194 Å². The van der Waals surface area contributed by atoms with Crippen LogP contribution >= 0.6 is 15.9 Å². The number of carbonyl (C=O) groups excluding carboxylic acids is 1. The molecule has 33 heavy (non-hydrogen) atoms. The molecule has 13 heteroatoms. The Morgan fingerprint density at radius 2 is 1.61 bits per heavy atom. The fourth-order valence-corrected chi connectivity index (χ4v) is 5.46. The van der Waals surface area contributed by atoms with Crippen molar-refractivity contribution in [3.8, 4) is 11.3 Å². The molecule has 0 bridgehead atoms. The minimum atomic E-state index is -5.20. The molecule has 168 valence electrons. The zero-order chi connectivity index (χ0) is 23.7. The molecular formula is C20H9BrN2O8S2-2. The van der Waals surface area contributed by atoms with Crippen molar-refractivity contribution in [3.05, 3.63) is 64.1 Å². The molecule has 4 aromatic rings. The van der Waals surface area contributed by atoms with Gasteiger partial charge in [0.2, 0.25) is 0 Å². The molecule has 10 nitrogen and oxygen atoms in total. The smallest absolute Gasteiger partial charge is 0.196 e. The molecule has 1 aromatic heterocycles.